The minimum absolute atomic E-state index is 0.0211. The number of amides is 2. The van der Waals surface area contributed by atoms with Gasteiger partial charge in [0.05, 0.1) is 24.5 Å². The van der Waals surface area contributed by atoms with Gasteiger partial charge in [0, 0.05) is 28.1 Å². The van der Waals surface area contributed by atoms with Gasteiger partial charge in [-0.2, -0.15) is 8.42 Å². The molecule has 1 heterocycles. The number of aromatic nitrogens is 1. The Bertz CT molecular complexity index is 1600. The maximum absolute atomic E-state index is 13.2. The van der Waals surface area contributed by atoms with Crippen LogP contribution in [0, 0.1) is 18.3 Å². The number of carboxylic acid groups (broad SMARTS) is 1. The molecule has 2 aromatic carbocycles. The third-order valence-corrected chi connectivity index (χ3v) is 6.65. The summed E-state index contributed by atoms with van der Waals surface area (Å²) in [5.74, 6) is -2.85. The fraction of sp³-hybridized carbons (Fsp3) is 0.250. The second-order valence-electron chi connectivity index (χ2n) is 9.67. The number of anilines is 1. The minimum Gasteiger partial charge on any atom is -0.478 e. The van der Waals surface area contributed by atoms with E-state index in [-0.39, 0.29) is 46.3 Å². The van der Waals surface area contributed by atoms with Crippen LogP contribution in [0.5, 0.6) is 0 Å². The van der Waals surface area contributed by atoms with Crippen molar-refractivity contribution in [3.8, 4) is 11.1 Å². The van der Waals surface area contributed by atoms with Crippen molar-refractivity contribution in [3.63, 3.8) is 0 Å². The van der Waals surface area contributed by atoms with E-state index in [1.165, 1.54) is 18.2 Å². The third kappa shape index (κ3) is 8.19. The summed E-state index contributed by atoms with van der Waals surface area (Å²) >= 11 is 0. The molecule has 41 heavy (non-hydrogen) atoms. The van der Waals surface area contributed by atoms with E-state index in [0.29, 0.717) is 16.9 Å². The van der Waals surface area contributed by atoms with Gasteiger partial charge in [0.15, 0.2) is 0 Å². The molecule has 3 rings (SSSR count). The van der Waals surface area contributed by atoms with E-state index in [2.05, 4.69) is 15.6 Å². The average Bonchev–Trinajstić information content (AvgIpc) is 2.90. The first kappa shape index (κ1) is 30.9. The number of aromatic carboxylic acids is 1. The molecular formula is C28H31N5O7S. The molecular weight excluding hydrogens is 550 g/mol. The van der Waals surface area contributed by atoms with Crippen LogP contribution in [-0.2, 0) is 14.3 Å². The lowest BCUT2D eigenvalue weighted by Gasteiger charge is -2.22. The third-order valence-electron chi connectivity index (χ3n) is 6.09. The van der Waals surface area contributed by atoms with Crippen LogP contribution in [0.1, 0.15) is 56.3 Å². The van der Waals surface area contributed by atoms with Crippen molar-refractivity contribution in [3.05, 3.63) is 82.7 Å². The highest BCUT2D eigenvalue weighted by Gasteiger charge is 2.24. The minimum atomic E-state index is -3.73. The fourth-order valence-corrected chi connectivity index (χ4v) is 4.21. The van der Waals surface area contributed by atoms with Crippen LogP contribution in [0.4, 0.5) is 5.69 Å². The van der Waals surface area contributed by atoms with Crippen LogP contribution in [-0.4, -0.2) is 61.0 Å². The topological polar surface area (TPSA) is 202 Å². The number of hydrogen-bond donors (Lipinski definition) is 5. The van der Waals surface area contributed by atoms with Gasteiger partial charge in [-0.1, -0.05) is 26.0 Å². The van der Waals surface area contributed by atoms with Crippen molar-refractivity contribution in [2.24, 2.45) is 11.7 Å². The zero-order chi connectivity index (χ0) is 30.5. The number of pyridine rings is 1. The first-order chi connectivity index (χ1) is 19.2. The highest BCUT2D eigenvalue weighted by Crippen LogP contribution is 2.29. The molecule has 0 fully saturated rings. The summed E-state index contributed by atoms with van der Waals surface area (Å²) in [6.45, 7) is 4.96. The van der Waals surface area contributed by atoms with Crippen molar-refractivity contribution >= 4 is 39.4 Å². The summed E-state index contributed by atoms with van der Waals surface area (Å²) in [4.78, 5) is 42.9. The number of nitrogens with two attached hydrogens (primary N) is 1. The molecule has 13 heteroatoms. The smallest absolute Gasteiger partial charge is 0.336 e. The van der Waals surface area contributed by atoms with Crippen LogP contribution in [0.3, 0.4) is 0 Å². The molecule has 0 spiro atoms. The zero-order valence-electron chi connectivity index (χ0n) is 22.9. The Hall–Kier alpha value is -4.62. The fourth-order valence-electron chi connectivity index (χ4n) is 3.82. The number of nitrogens with one attached hydrogen (secondary N) is 3. The van der Waals surface area contributed by atoms with E-state index in [1.807, 2.05) is 0 Å². The van der Waals surface area contributed by atoms with Crippen LogP contribution in [0.25, 0.3) is 11.1 Å². The highest BCUT2D eigenvalue weighted by atomic mass is 32.2. The summed E-state index contributed by atoms with van der Waals surface area (Å²) in [6.07, 6.45) is 0.905. The second kappa shape index (κ2) is 12.7. The van der Waals surface area contributed by atoms with Gasteiger partial charge < -0.3 is 21.5 Å². The Morgan fingerprint density at radius 2 is 1.61 bits per heavy atom. The average molecular weight is 582 g/mol. The van der Waals surface area contributed by atoms with Crippen molar-refractivity contribution in [1.29, 1.82) is 5.41 Å². The number of nitrogen functional groups attached to an aromatic ring is 1. The van der Waals surface area contributed by atoms with Crippen LogP contribution < -0.4 is 16.4 Å². The van der Waals surface area contributed by atoms with Gasteiger partial charge in [0.1, 0.15) is 11.5 Å². The van der Waals surface area contributed by atoms with Gasteiger partial charge in [0.2, 0.25) is 0 Å². The Morgan fingerprint density at radius 1 is 1.00 bits per heavy atom. The SMILES string of the molecule is Cc1ccc(-c2ccc(C(=O)N[C@H](COS(C)(=O)=O)C(C)C)cc2C(=O)O)c(C(=O)Nc2ccc(C(=N)N)cc2)n1. The van der Waals surface area contributed by atoms with Crippen molar-refractivity contribution in [2.45, 2.75) is 26.8 Å². The summed E-state index contributed by atoms with van der Waals surface area (Å²) in [7, 11) is -3.73. The van der Waals surface area contributed by atoms with Crippen LogP contribution in [0.2, 0.25) is 0 Å². The number of carbonyl (C=O) groups is 3. The monoisotopic (exact) mass is 581 g/mol. The predicted octanol–water partition coefficient (Wildman–Crippen LogP) is 3.02. The first-order valence-electron chi connectivity index (χ1n) is 12.4. The standard InChI is InChI=1S/C28H31N5O7S/c1-15(2)23(14-40-41(4,38)39)33-26(34)18-8-12-20(22(13-18)28(36)37)21-11-5-16(3)31-24(21)27(35)32-19-9-6-17(7-10-19)25(29)30/h5-13,15,23H,14H2,1-4H3,(H3,29,30)(H,32,35)(H,33,34)(H,36,37)/t23-/m1/s1. The number of hydrogen-bond acceptors (Lipinski definition) is 8. The summed E-state index contributed by atoms with van der Waals surface area (Å²) in [5.41, 5.74) is 7.05. The Labute approximate surface area is 237 Å². The quantitative estimate of drug-likeness (QED) is 0.128. The molecule has 0 aliphatic carbocycles. The largest absolute Gasteiger partial charge is 0.478 e. The molecule has 0 saturated carbocycles. The molecule has 1 atom stereocenters. The predicted molar refractivity (Wildman–Crippen MR) is 154 cm³/mol. The molecule has 2 amide bonds. The molecule has 1 aromatic heterocycles. The maximum Gasteiger partial charge on any atom is 0.336 e. The Morgan fingerprint density at radius 3 is 2.17 bits per heavy atom. The lowest BCUT2D eigenvalue weighted by Crippen LogP contribution is -2.42. The Kier molecular flexibility index (Phi) is 9.58. The lowest BCUT2D eigenvalue weighted by molar-refractivity contribution is 0.0697. The van der Waals surface area contributed by atoms with Gasteiger partial charge >= 0.3 is 5.97 Å². The maximum atomic E-state index is 13.2. The van der Waals surface area contributed by atoms with Gasteiger partial charge in [-0.25, -0.2) is 9.78 Å². The molecule has 0 radical (unpaired) electrons. The number of rotatable bonds is 11. The number of nitrogens with zero attached hydrogens (tertiary/aromatic N) is 1. The van der Waals surface area contributed by atoms with Crippen molar-refractivity contribution < 1.29 is 32.1 Å². The van der Waals surface area contributed by atoms with Crippen LogP contribution >= 0.6 is 0 Å². The highest BCUT2D eigenvalue weighted by molar-refractivity contribution is 7.85. The molecule has 0 bridgehead atoms. The molecule has 0 aliphatic heterocycles. The number of aryl methyl sites for hydroxylation is 1. The van der Waals surface area contributed by atoms with Gasteiger partial charge in [-0.3, -0.25) is 19.2 Å². The number of amidine groups is 1. The molecule has 216 valence electrons. The van der Waals surface area contributed by atoms with Crippen LogP contribution in [0.15, 0.2) is 54.6 Å². The zero-order valence-corrected chi connectivity index (χ0v) is 23.7. The number of carboxylic acids is 1. The van der Waals surface area contributed by atoms with E-state index >= 15 is 0 Å². The first-order valence-corrected chi connectivity index (χ1v) is 14.2. The molecule has 3 aromatic rings. The van der Waals surface area contributed by atoms with E-state index < -0.39 is 33.9 Å². The molecule has 0 aliphatic rings. The van der Waals surface area contributed by atoms with Gasteiger partial charge in [0.25, 0.3) is 21.9 Å². The van der Waals surface area contributed by atoms with E-state index in [0.717, 1.165) is 6.26 Å². The molecule has 0 saturated heterocycles. The van der Waals surface area contributed by atoms with E-state index in [1.54, 1.807) is 57.2 Å². The molecule has 0 unspecified atom stereocenters. The van der Waals surface area contributed by atoms with Crippen molar-refractivity contribution in [2.75, 3.05) is 18.2 Å². The normalized spacial score (nSPS) is 12.0. The molecule has 6 N–H and O–H groups in total. The Balaban J connectivity index is 1.95. The number of benzene rings is 2. The molecule has 12 nitrogen and oxygen atoms in total. The van der Waals surface area contributed by atoms with Crippen molar-refractivity contribution in [1.82, 2.24) is 10.3 Å². The summed E-state index contributed by atoms with van der Waals surface area (Å²) < 4.78 is 27.6. The van der Waals surface area contributed by atoms with E-state index in [9.17, 15) is 27.9 Å². The lowest BCUT2D eigenvalue weighted by atomic mass is 9.95. The summed E-state index contributed by atoms with van der Waals surface area (Å²) in [5, 5.41) is 22.9. The van der Waals surface area contributed by atoms with Gasteiger partial charge in [-0.05, 0) is 60.9 Å². The van der Waals surface area contributed by atoms with Gasteiger partial charge in [-0.15, -0.1) is 0 Å². The number of carbonyl (C=O) groups excluding carboxylic acids is 2. The second-order valence-corrected chi connectivity index (χ2v) is 11.3. The summed E-state index contributed by atoms with van der Waals surface area (Å²) in [6, 6.07) is 12.9. The van der Waals surface area contributed by atoms with E-state index in [4.69, 9.17) is 15.3 Å².